The van der Waals surface area contributed by atoms with Crippen LogP contribution in [0.4, 0.5) is 0 Å². The molecule has 8 nitrogen and oxygen atoms in total. The van der Waals surface area contributed by atoms with Crippen LogP contribution in [0, 0.1) is 0 Å². The lowest BCUT2D eigenvalue weighted by Gasteiger charge is -2.16. The third kappa shape index (κ3) is 4.48. The van der Waals surface area contributed by atoms with Crippen molar-refractivity contribution in [1.82, 2.24) is 10.6 Å². The van der Waals surface area contributed by atoms with Crippen LogP contribution in [0.25, 0.3) is 0 Å². The number of carbonyl (C=O) groups excluding carboxylic acids is 2. The van der Waals surface area contributed by atoms with Crippen molar-refractivity contribution in [3.05, 3.63) is 53.6 Å². The van der Waals surface area contributed by atoms with Gasteiger partial charge in [-0.1, -0.05) is 12.1 Å². The van der Waals surface area contributed by atoms with E-state index in [9.17, 15) is 14.7 Å². The topological polar surface area (TPSA) is 106 Å². The Morgan fingerprint density at radius 3 is 2.78 bits per heavy atom. The van der Waals surface area contributed by atoms with Crippen LogP contribution in [-0.4, -0.2) is 43.5 Å². The Morgan fingerprint density at radius 2 is 2.00 bits per heavy atom. The number of amides is 2. The van der Waals surface area contributed by atoms with E-state index < -0.39 is 24.5 Å². The summed E-state index contributed by atoms with van der Waals surface area (Å²) in [4.78, 5) is 24.6. The SMILES string of the molecule is COc1cccc(C(=O)NC(CO)C(=O)NCc2ccc3c(c2)OCO3)c1. The van der Waals surface area contributed by atoms with Crippen LogP contribution in [0.3, 0.4) is 0 Å². The zero-order valence-corrected chi connectivity index (χ0v) is 14.7. The highest BCUT2D eigenvalue weighted by atomic mass is 16.7. The van der Waals surface area contributed by atoms with Gasteiger partial charge in [-0.3, -0.25) is 9.59 Å². The number of methoxy groups -OCH3 is 1. The molecule has 8 heteroatoms. The summed E-state index contributed by atoms with van der Waals surface area (Å²) in [6, 6.07) is 10.8. The van der Waals surface area contributed by atoms with Gasteiger partial charge in [-0.15, -0.1) is 0 Å². The van der Waals surface area contributed by atoms with Crippen LogP contribution in [0.1, 0.15) is 15.9 Å². The van der Waals surface area contributed by atoms with Gasteiger partial charge in [0.15, 0.2) is 11.5 Å². The molecule has 142 valence electrons. The molecule has 27 heavy (non-hydrogen) atoms. The first-order valence-electron chi connectivity index (χ1n) is 8.32. The lowest BCUT2D eigenvalue weighted by atomic mass is 10.1. The maximum atomic E-state index is 12.3. The summed E-state index contributed by atoms with van der Waals surface area (Å²) in [5, 5.41) is 14.7. The molecule has 1 atom stereocenters. The Kier molecular flexibility index (Phi) is 5.77. The molecule has 1 aliphatic heterocycles. The van der Waals surface area contributed by atoms with Crippen LogP contribution >= 0.6 is 0 Å². The van der Waals surface area contributed by atoms with Crippen LogP contribution < -0.4 is 24.8 Å². The number of nitrogens with one attached hydrogen (secondary N) is 2. The fourth-order valence-electron chi connectivity index (χ4n) is 2.56. The van der Waals surface area contributed by atoms with E-state index >= 15 is 0 Å². The van der Waals surface area contributed by atoms with Gasteiger partial charge in [0.1, 0.15) is 11.8 Å². The van der Waals surface area contributed by atoms with Gasteiger partial charge in [-0.05, 0) is 35.9 Å². The molecule has 1 heterocycles. The molecule has 0 radical (unpaired) electrons. The molecule has 0 aliphatic carbocycles. The highest BCUT2D eigenvalue weighted by molar-refractivity contribution is 5.97. The van der Waals surface area contributed by atoms with E-state index in [0.29, 0.717) is 22.8 Å². The fourth-order valence-corrected chi connectivity index (χ4v) is 2.56. The first kappa shape index (κ1) is 18.5. The van der Waals surface area contributed by atoms with Crippen molar-refractivity contribution in [3.8, 4) is 17.2 Å². The number of carbonyl (C=O) groups is 2. The predicted molar refractivity (Wildman–Crippen MR) is 95.7 cm³/mol. The number of rotatable bonds is 7. The Bertz CT molecular complexity index is 839. The van der Waals surface area contributed by atoms with E-state index in [4.69, 9.17) is 14.2 Å². The predicted octanol–water partition coefficient (Wildman–Crippen LogP) is 0.831. The van der Waals surface area contributed by atoms with Gasteiger partial charge >= 0.3 is 0 Å². The van der Waals surface area contributed by atoms with E-state index in [1.807, 2.05) is 0 Å². The molecule has 0 aromatic heterocycles. The summed E-state index contributed by atoms with van der Waals surface area (Å²) < 4.78 is 15.6. The molecule has 2 aromatic carbocycles. The highest BCUT2D eigenvalue weighted by Crippen LogP contribution is 2.32. The summed E-state index contributed by atoms with van der Waals surface area (Å²) in [5.74, 6) is 0.823. The van der Waals surface area contributed by atoms with Gasteiger partial charge in [-0.2, -0.15) is 0 Å². The number of aliphatic hydroxyl groups excluding tert-OH is 1. The Hall–Kier alpha value is -3.26. The first-order valence-corrected chi connectivity index (χ1v) is 8.32. The maximum Gasteiger partial charge on any atom is 0.252 e. The van der Waals surface area contributed by atoms with Crippen molar-refractivity contribution in [2.45, 2.75) is 12.6 Å². The first-order chi connectivity index (χ1) is 13.1. The summed E-state index contributed by atoms with van der Waals surface area (Å²) >= 11 is 0. The average Bonchev–Trinajstić information content (AvgIpc) is 3.17. The average molecular weight is 372 g/mol. The van der Waals surface area contributed by atoms with Crippen molar-refractivity contribution in [1.29, 1.82) is 0 Å². The lowest BCUT2D eigenvalue weighted by Crippen LogP contribution is -2.48. The quantitative estimate of drug-likeness (QED) is 0.665. The minimum atomic E-state index is -1.07. The van der Waals surface area contributed by atoms with Gasteiger partial charge in [0.25, 0.3) is 5.91 Å². The molecule has 3 N–H and O–H groups in total. The third-order valence-corrected chi connectivity index (χ3v) is 4.04. The molecule has 1 unspecified atom stereocenters. The van der Waals surface area contributed by atoms with E-state index in [-0.39, 0.29) is 13.3 Å². The van der Waals surface area contributed by atoms with Gasteiger partial charge in [-0.25, -0.2) is 0 Å². The van der Waals surface area contributed by atoms with Gasteiger partial charge in [0.05, 0.1) is 13.7 Å². The van der Waals surface area contributed by atoms with Crippen molar-refractivity contribution in [2.75, 3.05) is 20.5 Å². The van der Waals surface area contributed by atoms with Gasteiger partial charge in [0, 0.05) is 12.1 Å². The van der Waals surface area contributed by atoms with Crippen molar-refractivity contribution in [3.63, 3.8) is 0 Å². The van der Waals surface area contributed by atoms with Crippen LogP contribution in [0.5, 0.6) is 17.2 Å². The van der Waals surface area contributed by atoms with Crippen LogP contribution in [-0.2, 0) is 11.3 Å². The molecule has 2 amide bonds. The van der Waals surface area contributed by atoms with Crippen LogP contribution in [0.2, 0.25) is 0 Å². The Morgan fingerprint density at radius 1 is 1.19 bits per heavy atom. The monoisotopic (exact) mass is 372 g/mol. The fraction of sp³-hybridized carbons (Fsp3) is 0.263. The molecule has 0 fully saturated rings. The minimum absolute atomic E-state index is 0.175. The Labute approximate surface area is 156 Å². The lowest BCUT2D eigenvalue weighted by molar-refractivity contribution is -0.124. The summed E-state index contributed by atoms with van der Waals surface area (Å²) in [6.07, 6.45) is 0. The smallest absolute Gasteiger partial charge is 0.252 e. The zero-order chi connectivity index (χ0) is 19.2. The molecule has 0 bridgehead atoms. The standard InChI is InChI=1S/C19H20N2O6/c1-25-14-4-2-3-13(8-14)18(23)21-15(10-22)19(24)20-9-12-5-6-16-17(7-12)27-11-26-16/h2-8,15,22H,9-11H2,1H3,(H,20,24)(H,21,23). The number of fused-ring (bicyclic) bond motifs is 1. The number of hydrogen-bond acceptors (Lipinski definition) is 6. The minimum Gasteiger partial charge on any atom is -0.497 e. The molecule has 0 saturated heterocycles. The molecule has 2 aromatic rings. The summed E-state index contributed by atoms with van der Waals surface area (Å²) in [6.45, 7) is -0.127. The van der Waals surface area contributed by atoms with Crippen molar-refractivity contribution in [2.24, 2.45) is 0 Å². The zero-order valence-electron chi connectivity index (χ0n) is 14.7. The molecule has 1 aliphatic rings. The van der Waals surface area contributed by atoms with Gasteiger partial charge < -0.3 is 30.0 Å². The number of hydrogen-bond donors (Lipinski definition) is 3. The van der Waals surface area contributed by atoms with Crippen molar-refractivity contribution < 1.29 is 28.9 Å². The molecular formula is C19H20N2O6. The second-order valence-electron chi connectivity index (χ2n) is 5.85. The number of ether oxygens (including phenoxy) is 3. The van der Waals surface area contributed by atoms with E-state index in [2.05, 4.69) is 10.6 Å². The van der Waals surface area contributed by atoms with Crippen molar-refractivity contribution >= 4 is 11.8 Å². The normalized spacial score (nSPS) is 13.0. The Balaban J connectivity index is 1.57. The highest BCUT2D eigenvalue weighted by Gasteiger charge is 2.21. The molecule has 3 rings (SSSR count). The number of benzene rings is 2. The van der Waals surface area contributed by atoms with E-state index in [0.717, 1.165) is 5.56 Å². The second-order valence-corrected chi connectivity index (χ2v) is 5.85. The van der Waals surface area contributed by atoms with E-state index in [1.54, 1.807) is 42.5 Å². The van der Waals surface area contributed by atoms with Crippen LogP contribution in [0.15, 0.2) is 42.5 Å². The second kappa shape index (κ2) is 8.41. The maximum absolute atomic E-state index is 12.3. The number of aliphatic hydroxyl groups is 1. The summed E-state index contributed by atoms with van der Waals surface area (Å²) in [7, 11) is 1.50. The van der Waals surface area contributed by atoms with E-state index in [1.165, 1.54) is 7.11 Å². The largest absolute Gasteiger partial charge is 0.497 e. The molecule has 0 saturated carbocycles. The molecule has 0 spiro atoms. The third-order valence-electron chi connectivity index (χ3n) is 4.04. The summed E-state index contributed by atoms with van der Waals surface area (Å²) in [5.41, 5.74) is 1.14. The molecular weight excluding hydrogens is 352 g/mol. The van der Waals surface area contributed by atoms with Gasteiger partial charge in [0.2, 0.25) is 12.7 Å².